The number of aliphatic hydroxyl groups is 3. The van der Waals surface area contributed by atoms with Crippen molar-refractivity contribution in [2.45, 2.75) is 31.8 Å². The average molecular weight is 513 g/mol. The number of carbonyl (C=O) groups is 4. The summed E-state index contributed by atoms with van der Waals surface area (Å²) in [6.45, 7) is 1.80. The third-order valence-corrected chi connectivity index (χ3v) is 7.24. The molecule has 1 aromatic carbocycles. The Kier molecular flexibility index (Phi) is 6.37. The largest absolute Gasteiger partial charge is 0.511 e. The first kappa shape index (κ1) is 26.0. The lowest BCUT2D eigenvalue weighted by Gasteiger charge is -2.45. The molecule has 0 aliphatic heterocycles. The average Bonchev–Trinajstić information content (AvgIpc) is 2.80. The fourth-order valence-corrected chi connectivity index (χ4v) is 5.56. The standard InChI is InChI=1S/C26H28N2O9/c1-4-37-17(30)6-5-11-9-15(28(2)3)14-8-12-7-13-10-16(29)20(25(27)35)24(34)26(13,36)23(33)18(12)22(32)19(14)21(11)31/h5-6,9,12-13,29,31,33,36H,4,7-8,10H2,1-3H3,(H2,27,35)/b6-5+/t12-,13+,26+/m1/s1. The Labute approximate surface area is 212 Å². The van der Waals surface area contributed by atoms with E-state index in [1.807, 2.05) is 0 Å². The molecular weight excluding hydrogens is 484 g/mol. The van der Waals surface area contributed by atoms with Crippen LogP contribution in [0.4, 0.5) is 5.69 Å². The summed E-state index contributed by atoms with van der Waals surface area (Å²) < 4.78 is 4.86. The maximum absolute atomic E-state index is 13.8. The predicted octanol–water partition coefficient (Wildman–Crippen LogP) is 1.22. The number of fused-ring (bicyclic) bond motifs is 3. The van der Waals surface area contributed by atoms with Gasteiger partial charge in [-0.2, -0.15) is 0 Å². The predicted molar refractivity (Wildman–Crippen MR) is 131 cm³/mol. The van der Waals surface area contributed by atoms with E-state index in [1.165, 1.54) is 6.08 Å². The van der Waals surface area contributed by atoms with Gasteiger partial charge in [-0.25, -0.2) is 4.79 Å². The molecule has 6 N–H and O–H groups in total. The van der Waals surface area contributed by atoms with Crippen molar-refractivity contribution in [1.82, 2.24) is 0 Å². The van der Waals surface area contributed by atoms with Crippen LogP contribution in [0.3, 0.4) is 0 Å². The lowest BCUT2D eigenvalue weighted by molar-refractivity contribution is -0.144. The van der Waals surface area contributed by atoms with Gasteiger partial charge in [-0.3, -0.25) is 14.4 Å². The van der Waals surface area contributed by atoms with Gasteiger partial charge in [0.2, 0.25) is 5.78 Å². The molecule has 3 aliphatic carbocycles. The van der Waals surface area contributed by atoms with E-state index in [0.29, 0.717) is 11.3 Å². The number of hydrogen-bond acceptors (Lipinski definition) is 10. The molecule has 3 atom stereocenters. The molecule has 0 fully saturated rings. The second-order valence-corrected chi connectivity index (χ2v) is 9.58. The molecule has 3 aliphatic rings. The van der Waals surface area contributed by atoms with Gasteiger partial charge in [0.05, 0.1) is 12.2 Å². The van der Waals surface area contributed by atoms with Crippen LogP contribution in [0.5, 0.6) is 5.75 Å². The molecule has 11 nitrogen and oxygen atoms in total. The van der Waals surface area contributed by atoms with Gasteiger partial charge in [-0.15, -0.1) is 0 Å². The summed E-state index contributed by atoms with van der Waals surface area (Å²) in [4.78, 5) is 52.1. The minimum Gasteiger partial charge on any atom is -0.511 e. The fourth-order valence-electron chi connectivity index (χ4n) is 5.56. The Bertz CT molecular complexity index is 1340. The second-order valence-electron chi connectivity index (χ2n) is 9.58. The normalized spacial score (nSPS) is 25.1. The Morgan fingerprint density at radius 3 is 2.49 bits per heavy atom. The number of aliphatic hydroxyl groups excluding tert-OH is 2. The molecule has 4 rings (SSSR count). The van der Waals surface area contributed by atoms with Gasteiger partial charge >= 0.3 is 5.97 Å². The maximum Gasteiger partial charge on any atom is 0.330 e. The first-order valence-corrected chi connectivity index (χ1v) is 11.7. The van der Waals surface area contributed by atoms with E-state index in [1.54, 1.807) is 32.0 Å². The van der Waals surface area contributed by atoms with E-state index in [0.717, 1.165) is 6.08 Å². The molecule has 0 heterocycles. The van der Waals surface area contributed by atoms with Crippen LogP contribution in [0, 0.1) is 11.8 Å². The second kappa shape index (κ2) is 9.07. The number of anilines is 1. The van der Waals surface area contributed by atoms with Crippen LogP contribution in [-0.4, -0.2) is 70.2 Å². The quantitative estimate of drug-likeness (QED) is 0.218. The molecule has 0 saturated heterocycles. The number of allylic oxidation sites excluding steroid dienone is 2. The minimum absolute atomic E-state index is 0.0427. The monoisotopic (exact) mass is 512 g/mol. The van der Waals surface area contributed by atoms with Crippen molar-refractivity contribution in [3.63, 3.8) is 0 Å². The molecule has 196 valence electrons. The van der Waals surface area contributed by atoms with Crippen molar-refractivity contribution in [3.05, 3.63) is 51.5 Å². The zero-order valence-electron chi connectivity index (χ0n) is 20.6. The number of phenols is 1. The van der Waals surface area contributed by atoms with Crippen LogP contribution in [0.2, 0.25) is 0 Å². The van der Waals surface area contributed by atoms with E-state index >= 15 is 0 Å². The third-order valence-electron chi connectivity index (χ3n) is 7.24. The zero-order chi connectivity index (χ0) is 27.4. The van der Waals surface area contributed by atoms with Crippen LogP contribution >= 0.6 is 0 Å². The Morgan fingerprint density at radius 2 is 1.89 bits per heavy atom. The molecule has 11 heteroatoms. The number of Topliss-reactive ketones (excluding diaryl/α,β-unsaturated/α-hetero) is 2. The van der Waals surface area contributed by atoms with Crippen LogP contribution in [0.25, 0.3) is 6.08 Å². The lowest BCUT2D eigenvalue weighted by Crippen LogP contribution is -2.57. The van der Waals surface area contributed by atoms with Crippen LogP contribution in [0.1, 0.15) is 41.3 Å². The molecule has 0 unspecified atom stereocenters. The molecule has 0 bridgehead atoms. The van der Waals surface area contributed by atoms with Crippen molar-refractivity contribution >= 4 is 35.2 Å². The number of nitrogens with two attached hydrogens (primary N) is 1. The molecule has 0 saturated carbocycles. The Hall–Kier alpha value is -4.12. The van der Waals surface area contributed by atoms with E-state index in [-0.39, 0.29) is 42.6 Å². The van der Waals surface area contributed by atoms with Gasteiger partial charge in [0.25, 0.3) is 5.91 Å². The van der Waals surface area contributed by atoms with Crippen LogP contribution < -0.4 is 10.6 Å². The van der Waals surface area contributed by atoms with Gasteiger partial charge in [0.1, 0.15) is 22.8 Å². The number of hydrogen-bond donors (Lipinski definition) is 5. The van der Waals surface area contributed by atoms with Gasteiger partial charge in [-0.1, -0.05) is 0 Å². The zero-order valence-corrected chi connectivity index (χ0v) is 20.6. The molecule has 0 spiro atoms. The molecule has 0 aromatic heterocycles. The number of amides is 1. The van der Waals surface area contributed by atoms with Gasteiger partial charge < -0.3 is 35.8 Å². The number of carbonyl (C=O) groups excluding carboxylic acids is 4. The van der Waals surface area contributed by atoms with Crippen LogP contribution in [-0.2, 0) is 25.5 Å². The highest BCUT2D eigenvalue weighted by atomic mass is 16.5. The first-order chi connectivity index (χ1) is 17.3. The summed E-state index contributed by atoms with van der Waals surface area (Å²) >= 11 is 0. The van der Waals surface area contributed by atoms with Gasteiger partial charge in [-0.05, 0) is 43.4 Å². The number of ether oxygens (including phenoxy) is 1. The SMILES string of the molecule is CCOC(=O)/C=C/c1cc(N(C)C)c2c(c1O)C(=O)C1=C(O)[C@]3(O)C(=O)C(C(N)=O)=C(O)C[C@@H]3C[C@@H]1C2. The van der Waals surface area contributed by atoms with Gasteiger partial charge in [0.15, 0.2) is 11.4 Å². The van der Waals surface area contributed by atoms with Crippen molar-refractivity contribution in [1.29, 1.82) is 0 Å². The topological polar surface area (TPSA) is 188 Å². The molecular formula is C26H28N2O9. The maximum atomic E-state index is 13.8. The van der Waals surface area contributed by atoms with Crippen molar-refractivity contribution in [3.8, 4) is 5.75 Å². The summed E-state index contributed by atoms with van der Waals surface area (Å²) in [6.07, 6.45) is 2.34. The number of phenolic OH excluding ortho intramolecular Hbond substituents is 1. The molecule has 1 aromatic rings. The van der Waals surface area contributed by atoms with E-state index in [9.17, 15) is 39.6 Å². The minimum atomic E-state index is -2.63. The smallest absolute Gasteiger partial charge is 0.330 e. The molecule has 1 amide bonds. The molecule has 37 heavy (non-hydrogen) atoms. The highest BCUT2D eigenvalue weighted by Crippen LogP contribution is 2.52. The summed E-state index contributed by atoms with van der Waals surface area (Å²) in [7, 11) is 3.48. The number of esters is 1. The van der Waals surface area contributed by atoms with Gasteiger partial charge in [0, 0.05) is 49.3 Å². The van der Waals surface area contributed by atoms with E-state index in [4.69, 9.17) is 10.5 Å². The van der Waals surface area contributed by atoms with E-state index in [2.05, 4.69) is 0 Å². The Balaban J connectivity index is 1.89. The van der Waals surface area contributed by atoms with Crippen molar-refractivity contribution in [2.24, 2.45) is 17.6 Å². The third kappa shape index (κ3) is 3.86. The van der Waals surface area contributed by atoms with Crippen molar-refractivity contribution in [2.75, 3.05) is 25.6 Å². The highest BCUT2D eigenvalue weighted by Gasteiger charge is 2.59. The summed E-state index contributed by atoms with van der Waals surface area (Å²) in [5.41, 5.74) is 2.60. The Morgan fingerprint density at radius 1 is 1.22 bits per heavy atom. The number of nitrogens with zero attached hydrogens (tertiary/aromatic N) is 1. The van der Waals surface area contributed by atoms with E-state index < -0.39 is 63.7 Å². The fraction of sp³-hybridized carbons (Fsp3) is 0.385. The van der Waals surface area contributed by atoms with Crippen LogP contribution in [0.15, 0.2) is 34.8 Å². The summed E-state index contributed by atoms with van der Waals surface area (Å²) in [6, 6.07) is 1.61. The number of ketones is 2. The van der Waals surface area contributed by atoms with Crippen molar-refractivity contribution < 1.29 is 44.3 Å². The lowest BCUT2D eigenvalue weighted by atomic mass is 9.60. The number of benzene rings is 1. The number of aromatic hydroxyl groups is 1. The highest BCUT2D eigenvalue weighted by molar-refractivity contribution is 6.24. The first-order valence-electron chi connectivity index (χ1n) is 11.7. The summed E-state index contributed by atoms with van der Waals surface area (Å²) in [5.74, 6) is -7.56. The number of rotatable bonds is 5. The molecule has 0 radical (unpaired) electrons. The number of primary amides is 1. The summed E-state index contributed by atoms with van der Waals surface area (Å²) in [5, 5.41) is 43.8.